The van der Waals surface area contributed by atoms with E-state index >= 15 is 0 Å². The molecule has 1 atom stereocenters. The maximum atomic E-state index is 14.2. The van der Waals surface area contributed by atoms with Gasteiger partial charge in [-0.15, -0.1) is 0 Å². The van der Waals surface area contributed by atoms with Crippen molar-refractivity contribution >= 4 is 5.97 Å². The van der Waals surface area contributed by atoms with Gasteiger partial charge in [-0.25, -0.2) is 9.18 Å². The maximum absolute atomic E-state index is 14.2. The molecule has 16 heavy (non-hydrogen) atoms. The number of benzene rings is 1. The molecule has 1 aromatic rings. The van der Waals surface area contributed by atoms with Gasteiger partial charge in [0, 0.05) is 6.42 Å². The molecule has 1 unspecified atom stereocenters. The van der Waals surface area contributed by atoms with Gasteiger partial charge in [-0.05, 0) is 18.6 Å². The van der Waals surface area contributed by atoms with Crippen molar-refractivity contribution < 1.29 is 13.9 Å². The number of carbonyl (C=O) groups excluding carboxylic acids is 1. The summed E-state index contributed by atoms with van der Waals surface area (Å²) < 4.78 is 18.9. The lowest BCUT2D eigenvalue weighted by Crippen LogP contribution is -2.35. The number of hydrogen-bond donors (Lipinski definition) is 0. The summed E-state index contributed by atoms with van der Waals surface area (Å²) in [5.74, 6) is -0.881. The van der Waals surface area contributed by atoms with Gasteiger partial charge in [-0.3, -0.25) is 0 Å². The molecule has 0 aliphatic rings. The lowest BCUT2D eigenvalue weighted by atomic mass is 9.96. The van der Waals surface area contributed by atoms with E-state index in [-0.39, 0.29) is 13.0 Å². The Morgan fingerprint density at radius 2 is 2.12 bits per heavy atom. The van der Waals surface area contributed by atoms with Crippen molar-refractivity contribution in [1.82, 2.24) is 0 Å². The van der Waals surface area contributed by atoms with Crippen LogP contribution in [0, 0.1) is 0 Å². The van der Waals surface area contributed by atoms with Crippen LogP contribution in [0.25, 0.3) is 0 Å². The van der Waals surface area contributed by atoms with Gasteiger partial charge in [0.15, 0.2) is 0 Å². The minimum absolute atomic E-state index is 0.0455. The highest BCUT2D eigenvalue weighted by molar-refractivity contribution is 5.82. The molecule has 86 valence electrons. The van der Waals surface area contributed by atoms with E-state index in [1.54, 1.807) is 31.2 Å². The van der Waals surface area contributed by atoms with Crippen LogP contribution in [0.5, 0.6) is 0 Å². The molecule has 0 radical (unpaired) electrons. The number of ether oxygens (including phenoxy) is 1. The zero-order valence-corrected chi connectivity index (χ0v) is 9.28. The molecule has 1 rings (SSSR count). The topological polar surface area (TPSA) is 26.3 Å². The molecule has 0 N–H and O–H groups in total. The van der Waals surface area contributed by atoms with Gasteiger partial charge < -0.3 is 4.74 Å². The van der Waals surface area contributed by atoms with Crippen LogP contribution in [-0.4, -0.2) is 18.2 Å². The lowest BCUT2D eigenvalue weighted by Gasteiger charge is -2.19. The van der Waals surface area contributed by atoms with E-state index in [4.69, 9.17) is 0 Å². The fraction of sp³-hybridized carbons (Fsp3) is 0.308. The number of hydrogen-bond acceptors (Lipinski definition) is 2. The van der Waals surface area contributed by atoms with Crippen molar-refractivity contribution in [1.29, 1.82) is 0 Å². The number of carbonyl (C=O) groups is 1. The normalized spacial score (nSPS) is 13.9. The monoisotopic (exact) mass is 222 g/mol. The van der Waals surface area contributed by atoms with Gasteiger partial charge >= 0.3 is 5.97 Å². The molecule has 0 aliphatic carbocycles. The van der Waals surface area contributed by atoms with Crippen LogP contribution in [0.3, 0.4) is 0 Å². The minimum Gasteiger partial charge on any atom is -0.463 e. The van der Waals surface area contributed by atoms with Gasteiger partial charge in [0.2, 0.25) is 5.67 Å². The van der Waals surface area contributed by atoms with Gasteiger partial charge in [0.25, 0.3) is 0 Å². The first-order chi connectivity index (χ1) is 7.62. The molecule has 0 saturated carbocycles. The maximum Gasteiger partial charge on any atom is 0.348 e. The standard InChI is InChI=1S/C13H15FO2/c1-3-13(14,12(15)16-4-2)10-11-8-6-5-7-9-11/h3,5-9H,1,4,10H2,2H3. The Labute approximate surface area is 94.7 Å². The van der Waals surface area contributed by atoms with E-state index in [1.165, 1.54) is 0 Å². The summed E-state index contributed by atoms with van der Waals surface area (Å²) in [7, 11) is 0. The fourth-order valence-electron chi connectivity index (χ4n) is 1.37. The van der Waals surface area contributed by atoms with Crippen molar-refractivity contribution in [3.05, 3.63) is 48.6 Å². The molecule has 0 bridgehead atoms. The van der Waals surface area contributed by atoms with Gasteiger partial charge in [0.05, 0.1) is 6.61 Å². The van der Waals surface area contributed by atoms with Crippen LogP contribution in [0.1, 0.15) is 12.5 Å². The van der Waals surface area contributed by atoms with E-state index in [2.05, 4.69) is 11.3 Å². The van der Waals surface area contributed by atoms with Crippen LogP contribution in [0.15, 0.2) is 43.0 Å². The molecule has 0 aromatic heterocycles. The Morgan fingerprint density at radius 1 is 1.50 bits per heavy atom. The third-order valence-electron chi connectivity index (χ3n) is 2.24. The molecule has 0 spiro atoms. The Hall–Kier alpha value is -1.64. The fourth-order valence-corrected chi connectivity index (χ4v) is 1.37. The molecular formula is C13H15FO2. The first kappa shape index (κ1) is 12.4. The number of rotatable bonds is 5. The van der Waals surface area contributed by atoms with Crippen molar-refractivity contribution in [2.45, 2.75) is 19.0 Å². The summed E-state index contributed by atoms with van der Waals surface area (Å²) in [5, 5.41) is 0. The Kier molecular flexibility index (Phi) is 4.23. The zero-order chi connectivity index (χ0) is 12.0. The highest BCUT2D eigenvalue weighted by Gasteiger charge is 2.36. The summed E-state index contributed by atoms with van der Waals surface area (Å²) in [5.41, 5.74) is -1.41. The van der Waals surface area contributed by atoms with Crippen LogP contribution in [-0.2, 0) is 16.0 Å². The first-order valence-corrected chi connectivity index (χ1v) is 5.16. The second-order valence-electron chi connectivity index (χ2n) is 3.45. The van der Waals surface area contributed by atoms with Crippen molar-refractivity contribution in [3.63, 3.8) is 0 Å². The third-order valence-corrected chi connectivity index (χ3v) is 2.24. The predicted octanol–water partition coefficient (Wildman–Crippen LogP) is 2.69. The Morgan fingerprint density at radius 3 is 2.62 bits per heavy atom. The van der Waals surface area contributed by atoms with Crippen LogP contribution < -0.4 is 0 Å². The van der Waals surface area contributed by atoms with E-state index in [9.17, 15) is 9.18 Å². The van der Waals surface area contributed by atoms with Crippen LogP contribution >= 0.6 is 0 Å². The molecule has 2 nitrogen and oxygen atoms in total. The molecule has 0 saturated heterocycles. The SMILES string of the molecule is C=CC(F)(Cc1ccccc1)C(=O)OCC. The van der Waals surface area contributed by atoms with Crippen molar-refractivity contribution in [3.8, 4) is 0 Å². The molecule has 0 fully saturated rings. The lowest BCUT2D eigenvalue weighted by molar-refractivity contribution is -0.153. The third kappa shape index (κ3) is 2.92. The van der Waals surface area contributed by atoms with Gasteiger partial charge in [-0.2, -0.15) is 0 Å². The molecule has 3 heteroatoms. The first-order valence-electron chi connectivity index (χ1n) is 5.16. The molecular weight excluding hydrogens is 207 g/mol. The highest BCUT2D eigenvalue weighted by atomic mass is 19.1. The highest BCUT2D eigenvalue weighted by Crippen LogP contribution is 2.21. The molecule has 0 heterocycles. The quantitative estimate of drug-likeness (QED) is 0.565. The number of halogens is 1. The summed E-state index contributed by atoms with van der Waals surface area (Å²) in [6.45, 7) is 5.16. The molecule has 0 amide bonds. The molecule has 0 aliphatic heterocycles. The summed E-state index contributed by atoms with van der Waals surface area (Å²) in [6, 6.07) is 8.95. The Bertz CT molecular complexity index is 361. The summed E-state index contributed by atoms with van der Waals surface area (Å²) in [6.07, 6.45) is 0.953. The van der Waals surface area contributed by atoms with Crippen LogP contribution in [0.4, 0.5) is 4.39 Å². The smallest absolute Gasteiger partial charge is 0.348 e. The van der Waals surface area contributed by atoms with Crippen molar-refractivity contribution in [2.75, 3.05) is 6.61 Å². The van der Waals surface area contributed by atoms with Gasteiger partial charge in [0.1, 0.15) is 0 Å². The number of esters is 1. The summed E-state index contributed by atoms with van der Waals surface area (Å²) >= 11 is 0. The van der Waals surface area contributed by atoms with Crippen LogP contribution in [0.2, 0.25) is 0 Å². The second-order valence-corrected chi connectivity index (χ2v) is 3.45. The predicted molar refractivity (Wildman–Crippen MR) is 60.8 cm³/mol. The average molecular weight is 222 g/mol. The zero-order valence-electron chi connectivity index (χ0n) is 9.28. The largest absolute Gasteiger partial charge is 0.463 e. The van der Waals surface area contributed by atoms with Crippen molar-refractivity contribution in [2.24, 2.45) is 0 Å². The van der Waals surface area contributed by atoms with Gasteiger partial charge in [-0.1, -0.05) is 36.9 Å². The summed E-state index contributed by atoms with van der Waals surface area (Å²) in [4.78, 5) is 11.4. The number of alkyl halides is 1. The Balaban J connectivity index is 2.82. The molecule has 1 aromatic carbocycles. The van der Waals surface area contributed by atoms with E-state index in [0.717, 1.165) is 11.6 Å². The minimum atomic E-state index is -2.14. The average Bonchev–Trinajstić information content (AvgIpc) is 2.30. The van der Waals surface area contributed by atoms with E-state index in [1.807, 2.05) is 6.07 Å². The second kappa shape index (κ2) is 5.45. The van der Waals surface area contributed by atoms with E-state index in [0.29, 0.717) is 0 Å². The van der Waals surface area contributed by atoms with E-state index < -0.39 is 11.6 Å².